The Hall–Kier alpha value is -1.05. The summed E-state index contributed by atoms with van der Waals surface area (Å²) in [5.74, 6) is -1.88. The van der Waals surface area contributed by atoms with Crippen molar-refractivity contribution in [2.45, 2.75) is 57.5 Å². The number of hydrogen-bond acceptors (Lipinski definition) is 6. The normalized spacial score (nSPS) is 54.5. The van der Waals surface area contributed by atoms with Gasteiger partial charge in [-0.3, -0.25) is 4.79 Å². The van der Waals surface area contributed by atoms with Crippen LogP contribution in [0, 0.1) is 28.6 Å². The summed E-state index contributed by atoms with van der Waals surface area (Å²) >= 11 is 0. The SMILES string of the molecule is CC1=C[C@]23C(=O)[C@@H](C=C(CO)[C@@H](O)[C@]2(O)[C@@H]1O)[C@@H]1C(C)(C)[C@]1(O)C[C@H]3C. The lowest BCUT2D eigenvalue weighted by atomic mass is 9.59. The van der Waals surface area contributed by atoms with Gasteiger partial charge in [0.2, 0.25) is 0 Å². The van der Waals surface area contributed by atoms with E-state index in [-0.39, 0.29) is 17.3 Å². The minimum absolute atomic E-state index is 0.119. The van der Waals surface area contributed by atoms with E-state index in [0.29, 0.717) is 12.0 Å². The van der Waals surface area contributed by atoms with Gasteiger partial charge in [0.15, 0.2) is 5.78 Å². The van der Waals surface area contributed by atoms with Crippen LogP contribution in [-0.2, 0) is 4.79 Å². The lowest BCUT2D eigenvalue weighted by Gasteiger charge is -2.48. The van der Waals surface area contributed by atoms with Gasteiger partial charge in [-0.1, -0.05) is 32.9 Å². The molecule has 0 radical (unpaired) electrons. The maximum atomic E-state index is 13.8. The highest BCUT2D eigenvalue weighted by Gasteiger charge is 2.80. The van der Waals surface area contributed by atoms with Crippen LogP contribution >= 0.6 is 0 Å². The summed E-state index contributed by atoms with van der Waals surface area (Å²) in [5.41, 5.74) is -4.67. The number of aliphatic hydroxyl groups is 5. The Morgan fingerprint density at radius 1 is 1.19 bits per heavy atom. The van der Waals surface area contributed by atoms with Crippen molar-refractivity contribution in [1.29, 1.82) is 0 Å². The summed E-state index contributed by atoms with van der Waals surface area (Å²) in [6.07, 6.45) is 0.413. The Morgan fingerprint density at radius 3 is 2.38 bits per heavy atom. The van der Waals surface area contributed by atoms with Crippen LogP contribution in [0.4, 0.5) is 0 Å². The molecular weight excluding hydrogens is 336 g/mol. The molecule has 8 atom stereocenters. The zero-order chi connectivity index (χ0) is 19.4. The van der Waals surface area contributed by atoms with Crippen molar-refractivity contribution in [1.82, 2.24) is 0 Å². The molecule has 0 aromatic heterocycles. The van der Waals surface area contributed by atoms with Crippen molar-refractivity contribution in [3.63, 3.8) is 0 Å². The summed E-state index contributed by atoms with van der Waals surface area (Å²) in [6.45, 7) is 6.71. The molecule has 0 aliphatic heterocycles. The molecule has 6 nitrogen and oxygen atoms in total. The van der Waals surface area contributed by atoms with Gasteiger partial charge in [0, 0.05) is 17.3 Å². The van der Waals surface area contributed by atoms with Gasteiger partial charge in [-0.25, -0.2) is 0 Å². The molecule has 2 fully saturated rings. The first-order chi connectivity index (χ1) is 11.9. The predicted octanol–water partition coefficient (Wildman–Crippen LogP) is -0.0699. The van der Waals surface area contributed by atoms with E-state index in [1.165, 1.54) is 6.08 Å². The Kier molecular flexibility index (Phi) is 3.42. The molecule has 5 N–H and O–H groups in total. The molecule has 0 aromatic rings. The molecular formula is C20H28O6. The average Bonchev–Trinajstić information content (AvgIpc) is 2.95. The van der Waals surface area contributed by atoms with Gasteiger partial charge in [-0.15, -0.1) is 0 Å². The first-order valence-electron chi connectivity index (χ1n) is 9.27. The van der Waals surface area contributed by atoms with Crippen LogP contribution in [0.1, 0.15) is 34.1 Å². The first-order valence-corrected chi connectivity index (χ1v) is 9.27. The fourth-order valence-corrected chi connectivity index (χ4v) is 6.53. The topological polar surface area (TPSA) is 118 Å². The van der Waals surface area contributed by atoms with E-state index < -0.39 is 52.7 Å². The fourth-order valence-electron chi connectivity index (χ4n) is 6.53. The van der Waals surface area contributed by atoms with E-state index in [2.05, 4.69) is 0 Å². The molecule has 0 unspecified atom stereocenters. The lowest BCUT2D eigenvalue weighted by molar-refractivity contribution is -0.191. The zero-order valence-corrected chi connectivity index (χ0v) is 15.6. The number of aliphatic hydroxyl groups excluding tert-OH is 3. The van der Waals surface area contributed by atoms with Crippen LogP contribution in [0.25, 0.3) is 0 Å². The van der Waals surface area contributed by atoms with Crippen LogP contribution in [0.5, 0.6) is 0 Å². The maximum absolute atomic E-state index is 13.8. The number of ketones is 1. The Bertz CT molecular complexity index is 753. The molecule has 4 rings (SSSR count). The van der Waals surface area contributed by atoms with Crippen molar-refractivity contribution in [2.75, 3.05) is 6.61 Å². The number of Topliss-reactive ketones (excluding diaryl/α,β-unsaturated/α-hetero) is 1. The van der Waals surface area contributed by atoms with Crippen molar-refractivity contribution < 1.29 is 30.3 Å². The highest BCUT2D eigenvalue weighted by atomic mass is 16.4. The summed E-state index contributed by atoms with van der Waals surface area (Å²) in [6, 6.07) is 0. The predicted molar refractivity (Wildman–Crippen MR) is 92.8 cm³/mol. The number of carbonyl (C=O) groups excluding carboxylic acids is 1. The van der Waals surface area contributed by atoms with Crippen molar-refractivity contribution in [3.8, 4) is 0 Å². The third-order valence-corrected chi connectivity index (χ3v) is 8.10. The highest BCUT2D eigenvalue weighted by molar-refractivity contribution is 5.95. The van der Waals surface area contributed by atoms with Crippen LogP contribution in [-0.4, -0.2) is 61.3 Å². The molecule has 0 heterocycles. The summed E-state index contributed by atoms with van der Waals surface area (Å²) in [4.78, 5) is 13.8. The minimum atomic E-state index is -2.16. The van der Waals surface area contributed by atoms with E-state index in [9.17, 15) is 30.3 Å². The molecule has 4 aliphatic carbocycles. The number of hydrogen-bond donors (Lipinski definition) is 5. The quantitative estimate of drug-likeness (QED) is 0.416. The van der Waals surface area contributed by atoms with Gasteiger partial charge >= 0.3 is 0 Å². The second kappa shape index (κ2) is 4.86. The lowest BCUT2D eigenvalue weighted by Crippen LogP contribution is -2.65. The van der Waals surface area contributed by atoms with E-state index in [1.807, 2.05) is 13.8 Å². The smallest absolute Gasteiger partial charge is 0.153 e. The standard InChI is InChI=1S/C20H28O6/c1-9-6-18-10(2)7-19(25)13(17(19,3)4)12(16(18)24)5-11(8-21)15(23)20(18,26)14(9)22/h5-6,10,12-15,21-23,25-26H,7-8H2,1-4H3/t10-,12+,13-,14-,15-,18+,19+,20-/m1/s1. The van der Waals surface area contributed by atoms with Gasteiger partial charge in [-0.2, -0.15) is 0 Å². The van der Waals surface area contributed by atoms with E-state index in [1.54, 1.807) is 19.9 Å². The molecule has 0 aromatic carbocycles. The monoisotopic (exact) mass is 364 g/mol. The van der Waals surface area contributed by atoms with Gasteiger partial charge in [0.25, 0.3) is 0 Å². The van der Waals surface area contributed by atoms with Gasteiger partial charge in [0.1, 0.15) is 17.8 Å². The minimum Gasteiger partial charge on any atom is -0.392 e. The van der Waals surface area contributed by atoms with Crippen LogP contribution < -0.4 is 0 Å². The summed E-state index contributed by atoms with van der Waals surface area (Å²) in [5, 5.41) is 54.3. The van der Waals surface area contributed by atoms with Crippen LogP contribution in [0.2, 0.25) is 0 Å². The molecule has 1 spiro atoms. The van der Waals surface area contributed by atoms with Gasteiger partial charge in [-0.05, 0) is 30.4 Å². The fraction of sp³-hybridized carbons (Fsp3) is 0.750. The molecule has 0 saturated heterocycles. The highest BCUT2D eigenvalue weighted by Crippen LogP contribution is 2.73. The third-order valence-electron chi connectivity index (χ3n) is 8.10. The first kappa shape index (κ1) is 18.3. The Balaban J connectivity index is 2.02. The largest absolute Gasteiger partial charge is 0.392 e. The maximum Gasteiger partial charge on any atom is 0.153 e. The number of fused-ring (bicyclic) bond motifs is 3. The van der Waals surface area contributed by atoms with Gasteiger partial charge < -0.3 is 25.5 Å². The summed E-state index contributed by atoms with van der Waals surface area (Å²) in [7, 11) is 0. The molecule has 2 saturated carbocycles. The molecule has 144 valence electrons. The molecule has 0 amide bonds. The molecule has 2 bridgehead atoms. The molecule has 26 heavy (non-hydrogen) atoms. The van der Waals surface area contributed by atoms with Crippen molar-refractivity contribution in [3.05, 3.63) is 23.3 Å². The van der Waals surface area contributed by atoms with E-state index in [0.717, 1.165) is 0 Å². The third kappa shape index (κ3) is 1.61. The van der Waals surface area contributed by atoms with Crippen molar-refractivity contribution in [2.24, 2.45) is 28.6 Å². The number of carbonyl (C=O) groups is 1. The van der Waals surface area contributed by atoms with Crippen LogP contribution in [0.3, 0.4) is 0 Å². The number of allylic oxidation sites excluding steroid dienone is 1. The molecule has 6 heteroatoms. The van der Waals surface area contributed by atoms with Crippen LogP contribution in [0.15, 0.2) is 23.3 Å². The average molecular weight is 364 g/mol. The Labute approximate surface area is 152 Å². The van der Waals surface area contributed by atoms with E-state index in [4.69, 9.17) is 0 Å². The molecule has 4 aliphatic rings. The second-order valence-electron chi connectivity index (χ2n) is 9.41. The van der Waals surface area contributed by atoms with Gasteiger partial charge in [0.05, 0.1) is 17.6 Å². The second-order valence-corrected chi connectivity index (χ2v) is 9.41. The number of rotatable bonds is 1. The van der Waals surface area contributed by atoms with Crippen molar-refractivity contribution >= 4 is 5.78 Å². The zero-order valence-electron chi connectivity index (χ0n) is 15.6. The Morgan fingerprint density at radius 2 is 1.81 bits per heavy atom. The summed E-state index contributed by atoms with van der Waals surface area (Å²) < 4.78 is 0. The van der Waals surface area contributed by atoms with E-state index >= 15 is 0 Å².